The molecule has 20 heavy (non-hydrogen) atoms. The Hall–Kier alpha value is -1.02. The highest BCUT2D eigenvalue weighted by molar-refractivity contribution is 5.58. The molecule has 0 spiro atoms. The van der Waals surface area contributed by atoms with Crippen LogP contribution < -0.4 is 10.2 Å². The van der Waals surface area contributed by atoms with Gasteiger partial charge in [0, 0.05) is 30.7 Å². The molecular weight excluding hydrogens is 244 g/mol. The Morgan fingerprint density at radius 2 is 2.00 bits per heavy atom. The van der Waals surface area contributed by atoms with Crippen molar-refractivity contribution in [2.24, 2.45) is 11.3 Å². The third-order valence-corrected chi connectivity index (χ3v) is 5.40. The molecule has 110 valence electrons. The topological polar surface area (TPSA) is 15.3 Å². The highest BCUT2D eigenvalue weighted by atomic mass is 15.2. The van der Waals surface area contributed by atoms with E-state index in [0.29, 0.717) is 5.41 Å². The van der Waals surface area contributed by atoms with Gasteiger partial charge < -0.3 is 10.2 Å². The fraction of sp³-hybridized carbons (Fsp3) is 0.667. The normalized spacial score (nSPS) is 29.5. The van der Waals surface area contributed by atoms with Gasteiger partial charge >= 0.3 is 0 Å². The first kappa shape index (κ1) is 13.9. The fourth-order valence-corrected chi connectivity index (χ4v) is 4.12. The van der Waals surface area contributed by atoms with Crippen molar-refractivity contribution in [1.82, 2.24) is 5.32 Å². The summed E-state index contributed by atoms with van der Waals surface area (Å²) >= 11 is 0. The Labute approximate surface area is 123 Å². The second-order valence-corrected chi connectivity index (χ2v) is 7.01. The zero-order valence-electron chi connectivity index (χ0n) is 13.0. The lowest BCUT2D eigenvalue weighted by Gasteiger charge is -2.42. The zero-order chi connectivity index (χ0) is 14.0. The smallest absolute Gasteiger partial charge is 0.0399 e. The summed E-state index contributed by atoms with van der Waals surface area (Å²) < 4.78 is 0. The summed E-state index contributed by atoms with van der Waals surface area (Å²) in [7, 11) is 2.11. The van der Waals surface area contributed by atoms with Gasteiger partial charge in [-0.1, -0.05) is 38.0 Å². The number of rotatable bonds is 4. The monoisotopic (exact) mass is 272 g/mol. The van der Waals surface area contributed by atoms with Crippen molar-refractivity contribution < 1.29 is 0 Å². The fourth-order valence-electron chi connectivity index (χ4n) is 4.12. The summed E-state index contributed by atoms with van der Waals surface area (Å²) in [5, 5.41) is 3.46. The van der Waals surface area contributed by atoms with Crippen LogP contribution in [0, 0.1) is 11.3 Å². The van der Waals surface area contributed by atoms with Crippen LogP contribution in [0.15, 0.2) is 24.3 Å². The van der Waals surface area contributed by atoms with Gasteiger partial charge in [0.2, 0.25) is 0 Å². The maximum absolute atomic E-state index is 3.46. The van der Waals surface area contributed by atoms with E-state index < -0.39 is 0 Å². The molecule has 0 aromatic heterocycles. The van der Waals surface area contributed by atoms with E-state index in [4.69, 9.17) is 0 Å². The number of hydrogen-bond donors (Lipinski definition) is 1. The Kier molecular flexibility index (Phi) is 4.02. The van der Waals surface area contributed by atoms with Crippen LogP contribution in [0.1, 0.15) is 38.2 Å². The van der Waals surface area contributed by atoms with Crippen LogP contribution >= 0.6 is 0 Å². The molecule has 1 aromatic carbocycles. The Morgan fingerprint density at radius 3 is 2.75 bits per heavy atom. The van der Waals surface area contributed by atoms with Crippen LogP contribution in [0.25, 0.3) is 0 Å². The molecule has 0 unspecified atom stereocenters. The van der Waals surface area contributed by atoms with Crippen LogP contribution in [0.5, 0.6) is 0 Å². The largest absolute Gasteiger partial charge is 0.370 e. The summed E-state index contributed by atoms with van der Waals surface area (Å²) in [5.74, 6) is 0.922. The number of nitrogens with zero attached hydrogens (tertiary/aromatic N) is 1. The van der Waals surface area contributed by atoms with Gasteiger partial charge in [0.1, 0.15) is 0 Å². The molecular formula is C18H28N2. The minimum Gasteiger partial charge on any atom is -0.370 e. The quantitative estimate of drug-likeness (QED) is 0.903. The van der Waals surface area contributed by atoms with Gasteiger partial charge in [-0.2, -0.15) is 0 Å². The average molecular weight is 272 g/mol. The van der Waals surface area contributed by atoms with Crippen molar-refractivity contribution in [3.63, 3.8) is 0 Å². The number of hydrogen-bond acceptors (Lipinski definition) is 2. The van der Waals surface area contributed by atoms with E-state index in [1.54, 1.807) is 0 Å². The molecule has 1 aliphatic heterocycles. The summed E-state index contributed by atoms with van der Waals surface area (Å²) in [4.78, 5) is 2.64. The molecule has 2 heteroatoms. The number of fused-ring (bicyclic) bond motifs is 1. The van der Waals surface area contributed by atoms with E-state index in [1.165, 1.54) is 63.0 Å². The van der Waals surface area contributed by atoms with Crippen LogP contribution in [0.4, 0.5) is 5.69 Å². The first-order valence-electron chi connectivity index (χ1n) is 8.20. The van der Waals surface area contributed by atoms with Crippen molar-refractivity contribution in [1.29, 1.82) is 0 Å². The predicted octanol–water partition coefficient (Wildman–Crippen LogP) is 3.47. The van der Waals surface area contributed by atoms with Gasteiger partial charge in [0.05, 0.1) is 0 Å². The number of nitrogens with one attached hydrogen (secondary N) is 1. The summed E-state index contributed by atoms with van der Waals surface area (Å²) in [6, 6.07) is 8.96. The van der Waals surface area contributed by atoms with Gasteiger partial charge in [0.25, 0.3) is 0 Å². The maximum Gasteiger partial charge on any atom is 0.0399 e. The molecule has 1 saturated carbocycles. The second-order valence-electron chi connectivity index (χ2n) is 7.01. The SMILES string of the molecule is CNCC1(CN2CCc3ccccc32)CCC(C)CC1. The Balaban J connectivity index is 1.75. The van der Waals surface area contributed by atoms with Crippen LogP contribution in [-0.2, 0) is 6.42 Å². The molecule has 2 nitrogen and oxygen atoms in total. The molecule has 1 aliphatic carbocycles. The maximum atomic E-state index is 3.46. The van der Waals surface area contributed by atoms with Gasteiger partial charge in [-0.25, -0.2) is 0 Å². The highest BCUT2D eigenvalue weighted by Crippen LogP contribution is 2.41. The molecule has 1 heterocycles. The molecule has 1 aromatic rings. The van der Waals surface area contributed by atoms with E-state index in [-0.39, 0.29) is 0 Å². The van der Waals surface area contributed by atoms with Crippen LogP contribution in [0.2, 0.25) is 0 Å². The predicted molar refractivity (Wildman–Crippen MR) is 86.4 cm³/mol. The lowest BCUT2D eigenvalue weighted by molar-refractivity contribution is 0.160. The summed E-state index contributed by atoms with van der Waals surface area (Å²) in [6.07, 6.45) is 6.79. The van der Waals surface area contributed by atoms with Crippen molar-refractivity contribution in [2.45, 2.75) is 39.0 Å². The van der Waals surface area contributed by atoms with Gasteiger partial charge in [-0.3, -0.25) is 0 Å². The van der Waals surface area contributed by atoms with Gasteiger partial charge in [-0.05, 0) is 43.9 Å². The van der Waals surface area contributed by atoms with E-state index >= 15 is 0 Å². The third kappa shape index (κ3) is 2.71. The summed E-state index contributed by atoms with van der Waals surface area (Å²) in [6.45, 7) is 6.02. The first-order valence-corrected chi connectivity index (χ1v) is 8.20. The molecule has 1 fully saturated rings. The van der Waals surface area contributed by atoms with E-state index in [0.717, 1.165) is 5.92 Å². The summed E-state index contributed by atoms with van der Waals surface area (Å²) in [5.41, 5.74) is 3.51. The zero-order valence-corrected chi connectivity index (χ0v) is 13.0. The van der Waals surface area contributed by atoms with Crippen molar-refractivity contribution >= 4 is 5.69 Å². The lowest BCUT2D eigenvalue weighted by atomic mass is 9.70. The van der Waals surface area contributed by atoms with Crippen molar-refractivity contribution in [3.05, 3.63) is 29.8 Å². The molecule has 1 N–H and O–H groups in total. The molecule has 0 atom stereocenters. The second kappa shape index (κ2) is 5.77. The third-order valence-electron chi connectivity index (χ3n) is 5.40. The molecule has 2 aliphatic rings. The average Bonchev–Trinajstić information content (AvgIpc) is 2.86. The number of para-hydroxylation sites is 1. The molecule has 0 amide bonds. The first-order chi connectivity index (χ1) is 9.72. The number of benzene rings is 1. The highest BCUT2D eigenvalue weighted by Gasteiger charge is 2.36. The van der Waals surface area contributed by atoms with Crippen molar-refractivity contribution in [3.8, 4) is 0 Å². The standard InChI is InChI=1S/C18H28N2/c1-15-7-10-18(11-8-15,13-19-2)14-20-12-9-16-5-3-4-6-17(16)20/h3-6,15,19H,7-14H2,1-2H3. The minimum atomic E-state index is 0.485. The Bertz CT molecular complexity index is 446. The molecule has 0 radical (unpaired) electrons. The molecule has 0 saturated heterocycles. The van der Waals surface area contributed by atoms with Crippen molar-refractivity contribution in [2.75, 3.05) is 31.6 Å². The van der Waals surface area contributed by atoms with Gasteiger partial charge in [-0.15, -0.1) is 0 Å². The van der Waals surface area contributed by atoms with Crippen LogP contribution in [-0.4, -0.2) is 26.7 Å². The minimum absolute atomic E-state index is 0.485. The van der Waals surface area contributed by atoms with E-state index in [2.05, 4.69) is 48.5 Å². The Morgan fingerprint density at radius 1 is 1.25 bits per heavy atom. The van der Waals surface area contributed by atoms with Crippen LogP contribution in [0.3, 0.4) is 0 Å². The van der Waals surface area contributed by atoms with E-state index in [1.807, 2.05) is 0 Å². The van der Waals surface area contributed by atoms with E-state index in [9.17, 15) is 0 Å². The molecule has 3 rings (SSSR count). The lowest BCUT2D eigenvalue weighted by Crippen LogP contribution is -2.45. The van der Waals surface area contributed by atoms with Gasteiger partial charge in [0.15, 0.2) is 0 Å². The molecule has 0 bridgehead atoms. The number of anilines is 1.